The van der Waals surface area contributed by atoms with Gasteiger partial charge in [-0.05, 0) is 6.07 Å². The molecule has 0 radical (unpaired) electrons. The largest absolute Gasteiger partial charge is 0.475 e. The van der Waals surface area contributed by atoms with Crippen molar-refractivity contribution in [3.8, 4) is 11.5 Å². The average Bonchev–Trinajstić information content (AvgIpc) is 2.82. The Balaban J connectivity index is 2.28. The Morgan fingerprint density at radius 3 is 1.31 bits per heavy atom. The Morgan fingerprint density at radius 1 is 0.619 bits per heavy atom. The van der Waals surface area contributed by atoms with Gasteiger partial charge >= 0.3 is 18.5 Å². The van der Waals surface area contributed by atoms with Crippen LogP contribution in [0.4, 0.5) is 74.6 Å². The summed E-state index contributed by atoms with van der Waals surface area (Å²) in [5, 5.41) is 0. The van der Waals surface area contributed by atoms with Crippen LogP contribution in [0.2, 0.25) is 0 Å². The maximum absolute atomic E-state index is 15.2. The predicted molar refractivity (Wildman–Crippen MR) is 103 cm³/mol. The summed E-state index contributed by atoms with van der Waals surface area (Å²) in [6.07, 6.45) is -28.5. The summed E-state index contributed by atoms with van der Waals surface area (Å²) in [6.45, 7) is 0. The zero-order chi connectivity index (χ0) is 32.5. The second kappa shape index (κ2) is 9.89. The van der Waals surface area contributed by atoms with Crippen molar-refractivity contribution in [1.82, 2.24) is 0 Å². The Labute approximate surface area is 220 Å². The Hall–Kier alpha value is -3.81. The molecule has 1 aromatic carbocycles. The van der Waals surface area contributed by atoms with Gasteiger partial charge in [0.15, 0.2) is 29.5 Å². The van der Waals surface area contributed by atoms with Crippen molar-refractivity contribution in [2.45, 2.75) is 42.1 Å². The van der Waals surface area contributed by atoms with Crippen molar-refractivity contribution >= 4 is 0 Å². The molecule has 0 aliphatic heterocycles. The highest BCUT2D eigenvalue weighted by Gasteiger charge is 2.69. The molecule has 4 unspecified atom stereocenters. The Bertz CT molecular complexity index is 1420. The molecule has 2 aliphatic rings. The normalized spacial score (nSPS) is 27.6. The summed E-state index contributed by atoms with van der Waals surface area (Å²) in [6, 6.07) is -0.969. The molecule has 0 bridgehead atoms. The van der Waals surface area contributed by atoms with Crippen molar-refractivity contribution in [3.05, 3.63) is 70.1 Å². The third-order valence-electron chi connectivity index (χ3n) is 5.78. The minimum absolute atomic E-state index is 0.576. The SMILES string of the molecule is NC1=C(F)C=C(F)C(Oc2c(F)cc(C(F)(F)F)c(OC3C(F)=CC(F)=C(N)C3(F)C(F)(F)F)c2F)C1(F)C(F)(F)F. The van der Waals surface area contributed by atoms with Crippen molar-refractivity contribution in [1.29, 1.82) is 0 Å². The van der Waals surface area contributed by atoms with Gasteiger partial charge in [-0.15, -0.1) is 0 Å². The summed E-state index contributed by atoms with van der Waals surface area (Å²) in [4.78, 5) is 0. The lowest BCUT2D eigenvalue weighted by Crippen LogP contribution is -2.58. The Kier molecular flexibility index (Phi) is 7.70. The molecule has 0 heterocycles. The van der Waals surface area contributed by atoms with Gasteiger partial charge in [-0.2, -0.15) is 43.9 Å². The lowest BCUT2D eigenvalue weighted by molar-refractivity contribution is -0.240. The summed E-state index contributed by atoms with van der Waals surface area (Å²) >= 11 is 0. The molecule has 3 rings (SSSR count). The monoisotopic (exact) mass is 644 g/mol. The second-order valence-electron chi connectivity index (χ2n) is 8.37. The molecule has 21 heteroatoms. The highest BCUT2D eigenvalue weighted by molar-refractivity contribution is 5.49. The molecule has 234 valence electrons. The fourth-order valence-electron chi connectivity index (χ4n) is 3.69. The lowest BCUT2D eigenvalue weighted by Gasteiger charge is -2.38. The molecule has 2 aliphatic carbocycles. The van der Waals surface area contributed by atoms with E-state index in [2.05, 4.69) is 20.9 Å². The number of hydrogen-bond acceptors (Lipinski definition) is 4. The van der Waals surface area contributed by atoms with E-state index in [1.54, 1.807) is 0 Å². The van der Waals surface area contributed by atoms with E-state index in [1.807, 2.05) is 0 Å². The third kappa shape index (κ3) is 4.84. The van der Waals surface area contributed by atoms with Crippen LogP contribution in [-0.4, -0.2) is 35.9 Å². The molecule has 4 N–H and O–H groups in total. The first-order chi connectivity index (χ1) is 18.8. The van der Waals surface area contributed by atoms with Gasteiger partial charge in [0.1, 0.15) is 28.9 Å². The molecular weight excluding hydrogens is 635 g/mol. The zero-order valence-corrected chi connectivity index (χ0v) is 19.3. The molecule has 4 atom stereocenters. The molecule has 4 nitrogen and oxygen atoms in total. The van der Waals surface area contributed by atoms with E-state index >= 15 is 8.78 Å². The van der Waals surface area contributed by atoms with Crippen molar-refractivity contribution < 1.29 is 84.1 Å². The number of alkyl halides is 11. The fourth-order valence-corrected chi connectivity index (χ4v) is 3.69. The van der Waals surface area contributed by atoms with Gasteiger partial charge < -0.3 is 20.9 Å². The van der Waals surface area contributed by atoms with Crippen LogP contribution in [0.3, 0.4) is 0 Å². The van der Waals surface area contributed by atoms with E-state index in [4.69, 9.17) is 0 Å². The van der Waals surface area contributed by atoms with Gasteiger partial charge in [0.25, 0.3) is 11.3 Å². The molecule has 0 saturated carbocycles. The number of allylic oxidation sites excluding steroid dienone is 4. The van der Waals surface area contributed by atoms with Crippen LogP contribution in [0.1, 0.15) is 5.56 Å². The molecule has 0 spiro atoms. The quantitative estimate of drug-likeness (QED) is 0.346. The van der Waals surface area contributed by atoms with Crippen molar-refractivity contribution in [2.75, 3.05) is 0 Å². The number of ether oxygens (including phenoxy) is 2. The van der Waals surface area contributed by atoms with Gasteiger partial charge in [0, 0.05) is 12.2 Å². The molecule has 42 heavy (non-hydrogen) atoms. The van der Waals surface area contributed by atoms with Crippen LogP contribution < -0.4 is 20.9 Å². The van der Waals surface area contributed by atoms with Crippen LogP contribution in [0.25, 0.3) is 0 Å². The molecule has 1 aromatic rings. The molecule has 0 saturated heterocycles. The number of halogens is 17. The van der Waals surface area contributed by atoms with Crippen molar-refractivity contribution in [2.24, 2.45) is 11.5 Å². The molecule has 0 aromatic heterocycles. The first-order valence-electron chi connectivity index (χ1n) is 10.3. The van der Waals surface area contributed by atoms with E-state index in [1.165, 1.54) is 0 Å². The first-order valence-corrected chi connectivity index (χ1v) is 10.3. The van der Waals surface area contributed by atoms with Gasteiger partial charge in [0.05, 0.1) is 11.4 Å². The van der Waals surface area contributed by atoms with Crippen LogP contribution in [0.5, 0.6) is 11.5 Å². The van der Waals surface area contributed by atoms with Crippen LogP contribution in [0, 0.1) is 11.6 Å². The Morgan fingerprint density at radius 2 is 0.976 bits per heavy atom. The smallest absolute Gasteiger partial charge is 0.432 e. The maximum Gasteiger partial charge on any atom is 0.432 e. The van der Waals surface area contributed by atoms with Gasteiger partial charge in [-0.3, -0.25) is 0 Å². The van der Waals surface area contributed by atoms with Gasteiger partial charge in [0.2, 0.25) is 5.82 Å². The maximum atomic E-state index is 15.2. The number of rotatable bonds is 4. The van der Waals surface area contributed by atoms with Crippen LogP contribution >= 0.6 is 0 Å². The molecule has 0 fully saturated rings. The highest BCUT2D eigenvalue weighted by atomic mass is 19.4. The minimum atomic E-state index is -6.52. The van der Waals surface area contributed by atoms with Crippen LogP contribution in [0.15, 0.2) is 52.9 Å². The zero-order valence-electron chi connectivity index (χ0n) is 19.3. The average molecular weight is 644 g/mol. The van der Waals surface area contributed by atoms with E-state index in [0.717, 1.165) is 0 Å². The number of benzene rings is 1. The standard InChI is InChI=1S/C21H9F17N2O2/c22-5-1-4(19(30,31)32)11(41-15-8(25)2-6(23)13(39)17(15,28)20(33,34)35)10(27)12(5)42-16-9(26)3-7(24)14(40)18(16,29)21(36,37)38/h1-3,15-16H,39-40H2. The highest BCUT2D eigenvalue weighted by Crippen LogP contribution is 2.52. The van der Waals surface area contributed by atoms with E-state index in [-0.39, 0.29) is 0 Å². The third-order valence-corrected chi connectivity index (χ3v) is 5.78. The summed E-state index contributed by atoms with van der Waals surface area (Å²) in [5.41, 5.74) is -9.63. The topological polar surface area (TPSA) is 70.5 Å². The second-order valence-corrected chi connectivity index (χ2v) is 8.37. The molecule has 0 amide bonds. The predicted octanol–water partition coefficient (Wildman–Crippen LogP) is 7.03. The summed E-state index contributed by atoms with van der Waals surface area (Å²) < 4.78 is 245. The summed E-state index contributed by atoms with van der Waals surface area (Å²) in [5.74, 6) is -21.7. The van der Waals surface area contributed by atoms with E-state index in [0.29, 0.717) is 0 Å². The summed E-state index contributed by atoms with van der Waals surface area (Å²) in [7, 11) is 0. The lowest BCUT2D eigenvalue weighted by atomic mass is 9.88. The van der Waals surface area contributed by atoms with Gasteiger partial charge in [-0.1, -0.05) is 0 Å². The van der Waals surface area contributed by atoms with Crippen molar-refractivity contribution in [3.63, 3.8) is 0 Å². The number of hydrogen-bond donors (Lipinski definition) is 2. The van der Waals surface area contributed by atoms with E-state index in [9.17, 15) is 65.9 Å². The minimum Gasteiger partial charge on any atom is -0.475 e. The number of nitrogens with two attached hydrogens (primary N) is 2. The van der Waals surface area contributed by atoms with E-state index < -0.39 is 124 Å². The fraction of sp³-hybridized carbons (Fsp3) is 0.333. The van der Waals surface area contributed by atoms with Crippen LogP contribution in [-0.2, 0) is 6.18 Å². The first kappa shape index (κ1) is 32.7. The van der Waals surface area contributed by atoms with Gasteiger partial charge in [-0.25, -0.2) is 30.7 Å². The molecular formula is C21H9F17N2O2.